The monoisotopic (exact) mass is 177 g/mol. The molecule has 1 atom stereocenters. The van der Waals surface area contributed by atoms with Crippen LogP contribution in [0.25, 0.3) is 0 Å². The molecule has 3 nitrogen and oxygen atoms in total. The molecule has 0 saturated carbocycles. The summed E-state index contributed by atoms with van der Waals surface area (Å²) in [5, 5.41) is 0. The van der Waals surface area contributed by atoms with Crippen molar-refractivity contribution in [2.24, 2.45) is 5.73 Å². The molecule has 0 aliphatic carbocycles. The maximum absolute atomic E-state index is 10.5. The summed E-state index contributed by atoms with van der Waals surface area (Å²) in [6.45, 7) is 0.519. The lowest BCUT2D eigenvalue weighted by atomic mass is 10.1. The van der Waals surface area contributed by atoms with Gasteiger partial charge in [0.1, 0.15) is 18.1 Å². The highest BCUT2D eigenvalue weighted by atomic mass is 16.5. The van der Waals surface area contributed by atoms with Crippen molar-refractivity contribution in [2.75, 3.05) is 6.54 Å². The van der Waals surface area contributed by atoms with Crippen LogP contribution in [0.5, 0.6) is 5.75 Å². The summed E-state index contributed by atoms with van der Waals surface area (Å²) in [5.74, 6) is 0.862. The van der Waals surface area contributed by atoms with E-state index in [9.17, 15) is 4.79 Å². The van der Waals surface area contributed by atoms with Crippen molar-refractivity contribution in [1.82, 2.24) is 0 Å². The smallest absolute Gasteiger partial charge is 0.150 e. The van der Waals surface area contributed by atoms with Gasteiger partial charge < -0.3 is 10.5 Å². The van der Waals surface area contributed by atoms with Crippen molar-refractivity contribution in [3.8, 4) is 5.75 Å². The van der Waals surface area contributed by atoms with Gasteiger partial charge in [-0.15, -0.1) is 0 Å². The van der Waals surface area contributed by atoms with Crippen molar-refractivity contribution in [1.29, 1.82) is 0 Å². The lowest BCUT2D eigenvalue weighted by Crippen LogP contribution is -2.24. The molecule has 0 aromatic heterocycles. The quantitative estimate of drug-likeness (QED) is 0.678. The Bertz CT molecular complexity index is 336. The molecule has 68 valence electrons. The first-order valence-corrected chi connectivity index (χ1v) is 4.28. The number of ether oxygens (including phenoxy) is 1. The Morgan fingerprint density at radius 1 is 1.62 bits per heavy atom. The topological polar surface area (TPSA) is 52.3 Å². The minimum atomic E-state index is 0.0805. The summed E-state index contributed by atoms with van der Waals surface area (Å²) in [6.07, 6.45) is 1.74. The largest absolute Gasteiger partial charge is 0.488 e. The minimum Gasteiger partial charge on any atom is -0.488 e. The Hall–Kier alpha value is -1.35. The van der Waals surface area contributed by atoms with E-state index in [2.05, 4.69) is 0 Å². The van der Waals surface area contributed by atoms with E-state index in [0.29, 0.717) is 12.1 Å². The van der Waals surface area contributed by atoms with Crippen molar-refractivity contribution in [3.05, 3.63) is 29.3 Å². The van der Waals surface area contributed by atoms with E-state index < -0.39 is 0 Å². The molecule has 1 aromatic carbocycles. The molecule has 1 unspecified atom stereocenters. The predicted molar refractivity (Wildman–Crippen MR) is 49.0 cm³/mol. The van der Waals surface area contributed by atoms with Gasteiger partial charge in [-0.2, -0.15) is 0 Å². The molecule has 1 aliphatic rings. The van der Waals surface area contributed by atoms with E-state index in [4.69, 9.17) is 10.5 Å². The maximum Gasteiger partial charge on any atom is 0.150 e. The molecule has 2 N–H and O–H groups in total. The third kappa shape index (κ3) is 1.42. The van der Waals surface area contributed by atoms with Gasteiger partial charge >= 0.3 is 0 Å². The third-order valence-electron chi connectivity index (χ3n) is 2.22. The maximum atomic E-state index is 10.5. The van der Waals surface area contributed by atoms with Crippen LogP contribution in [0.3, 0.4) is 0 Å². The van der Waals surface area contributed by atoms with Gasteiger partial charge in [-0.1, -0.05) is 0 Å². The van der Waals surface area contributed by atoms with Crippen LogP contribution in [-0.2, 0) is 6.42 Å². The van der Waals surface area contributed by atoms with Crippen molar-refractivity contribution in [2.45, 2.75) is 12.5 Å². The van der Waals surface area contributed by atoms with Gasteiger partial charge in [-0.25, -0.2) is 0 Å². The fraction of sp³-hybridized carbons (Fsp3) is 0.300. The second-order valence-corrected chi connectivity index (χ2v) is 3.16. The fourth-order valence-corrected chi connectivity index (χ4v) is 1.55. The molecule has 3 heteroatoms. The Kier molecular flexibility index (Phi) is 2.02. The zero-order valence-corrected chi connectivity index (χ0v) is 7.19. The molecule has 1 aromatic rings. The number of nitrogens with two attached hydrogens (primary N) is 1. The van der Waals surface area contributed by atoms with Crippen LogP contribution in [0.1, 0.15) is 15.9 Å². The number of aldehydes is 1. The third-order valence-corrected chi connectivity index (χ3v) is 2.22. The number of carbonyl (C=O) groups excluding carboxylic acids is 1. The summed E-state index contributed by atoms with van der Waals surface area (Å²) >= 11 is 0. The van der Waals surface area contributed by atoms with E-state index in [1.54, 1.807) is 6.07 Å². The molecule has 2 rings (SSSR count). The summed E-state index contributed by atoms with van der Waals surface area (Å²) in [4.78, 5) is 10.5. The van der Waals surface area contributed by atoms with Gasteiger partial charge in [0, 0.05) is 18.5 Å². The number of rotatable bonds is 2. The fourth-order valence-electron chi connectivity index (χ4n) is 1.55. The first-order chi connectivity index (χ1) is 6.33. The minimum absolute atomic E-state index is 0.0805. The molecule has 0 amide bonds. The lowest BCUT2D eigenvalue weighted by molar-refractivity contribution is 0.112. The molecular weight excluding hydrogens is 166 g/mol. The molecule has 1 aliphatic heterocycles. The van der Waals surface area contributed by atoms with Gasteiger partial charge in [0.2, 0.25) is 0 Å². The average Bonchev–Trinajstić information content (AvgIpc) is 2.58. The van der Waals surface area contributed by atoms with Crippen LogP contribution >= 0.6 is 0 Å². The van der Waals surface area contributed by atoms with Gasteiger partial charge in [-0.3, -0.25) is 4.79 Å². The lowest BCUT2D eigenvalue weighted by Gasteiger charge is -2.05. The molecule has 13 heavy (non-hydrogen) atoms. The van der Waals surface area contributed by atoms with E-state index in [-0.39, 0.29) is 6.10 Å². The van der Waals surface area contributed by atoms with Gasteiger partial charge in [0.15, 0.2) is 0 Å². The van der Waals surface area contributed by atoms with Crippen LogP contribution in [0, 0.1) is 0 Å². The van der Waals surface area contributed by atoms with Crippen LogP contribution in [-0.4, -0.2) is 18.9 Å². The molecule has 1 heterocycles. The first-order valence-electron chi connectivity index (χ1n) is 4.28. The van der Waals surface area contributed by atoms with Crippen LogP contribution in [0.2, 0.25) is 0 Å². The highest BCUT2D eigenvalue weighted by Crippen LogP contribution is 2.28. The average molecular weight is 177 g/mol. The van der Waals surface area contributed by atoms with E-state index in [1.165, 1.54) is 0 Å². The highest BCUT2D eigenvalue weighted by molar-refractivity contribution is 5.75. The van der Waals surface area contributed by atoms with E-state index in [1.807, 2.05) is 12.1 Å². The van der Waals surface area contributed by atoms with E-state index in [0.717, 1.165) is 24.0 Å². The van der Waals surface area contributed by atoms with Gasteiger partial charge in [0.25, 0.3) is 0 Å². The number of hydrogen-bond acceptors (Lipinski definition) is 3. The first kappa shape index (κ1) is 8.26. The Morgan fingerprint density at radius 3 is 3.15 bits per heavy atom. The van der Waals surface area contributed by atoms with Gasteiger partial charge in [-0.05, 0) is 23.8 Å². The Labute approximate surface area is 76.5 Å². The summed E-state index contributed by atoms with van der Waals surface area (Å²) < 4.78 is 5.51. The van der Waals surface area contributed by atoms with E-state index >= 15 is 0 Å². The molecule has 0 fully saturated rings. The number of carbonyl (C=O) groups is 1. The van der Waals surface area contributed by atoms with Crippen molar-refractivity contribution >= 4 is 6.29 Å². The van der Waals surface area contributed by atoms with Crippen molar-refractivity contribution in [3.63, 3.8) is 0 Å². The molecule has 0 bridgehead atoms. The summed E-state index contributed by atoms with van der Waals surface area (Å²) in [6, 6.07) is 5.44. The molecule has 0 saturated heterocycles. The zero-order valence-electron chi connectivity index (χ0n) is 7.19. The molecular formula is C10H11NO2. The Morgan fingerprint density at radius 2 is 2.46 bits per heavy atom. The summed E-state index contributed by atoms with van der Waals surface area (Å²) in [5.41, 5.74) is 7.27. The SMILES string of the molecule is NCC1Cc2cc(C=O)ccc2O1. The van der Waals surface area contributed by atoms with Crippen LogP contribution < -0.4 is 10.5 Å². The number of benzene rings is 1. The second kappa shape index (κ2) is 3.18. The molecule has 0 radical (unpaired) electrons. The standard InChI is InChI=1S/C10H11NO2/c11-5-9-4-8-3-7(6-12)1-2-10(8)13-9/h1-3,6,9H,4-5,11H2. The second-order valence-electron chi connectivity index (χ2n) is 3.16. The van der Waals surface area contributed by atoms with Gasteiger partial charge in [0.05, 0.1) is 0 Å². The molecule has 0 spiro atoms. The normalized spacial score (nSPS) is 19.3. The number of fused-ring (bicyclic) bond motifs is 1. The van der Waals surface area contributed by atoms with Crippen LogP contribution in [0.4, 0.5) is 0 Å². The van der Waals surface area contributed by atoms with Crippen LogP contribution in [0.15, 0.2) is 18.2 Å². The predicted octanol–water partition coefficient (Wildman–Crippen LogP) is 0.761. The number of hydrogen-bond donors (Lipinski definition) is 1. The van der Waals surface area contributed by atoms with Crippen molar-refractivity contribution < 1.29 is 9.53 Å². The zero-order chi connectivity index (χ0) is 9.26. The highest BCUT2D eigenvalue weighted by Gasteiger charge is 2.21. The Balaban J connectivity index is 2.30. The summed E-state index contributed by atoms with van der Waals surface area (Å²) in [7, 11) is 0.